The van der Waals surface area contributed by atoms with Crippen LogP contribution in [0.5, 0.6) is 5.75 Å². The third-order valence-corrected chi connectivity index (χ3v) is 7.44. The van der Waals surface area contributed by atoms with Crippen LogP contribution >= 0.6 is 23.2 Å². The molecular weight excluding hydrogens is 523 g/mol. The van der Waals surface area contributed by atoms with Crippen molar-refractivity contribution >= 4 is 61.9 Å². The van der Waals surface area contributed by atoms with Crippen molar-refractivity contribution in [1.82, 2.24) is 10.4 Å². The fourth-order valence-corrected chi connectivity index (χ4v) is 5.22. The number of ether oxygens (including phenoxy) is 1. The molecule has 36 heavy (non-hydrogen) atoms. The highest BCUT2D eigenvalue weighted by molar-refractivity contribution is 7.92. The number of amides is 1. The summed E-state index contributed by atoms with van der Waals surface area (Å²) in [6.07, 6.45) is 1.34. The average Bonchev–Trinajstić information content (AvgIpc) is 2.88. The molecule has 0 unspecified atom stereocenters. The monoisotopic (exact) mass is 542 g/mol. The molecule has 0 spiro atoms. The number of hydrogen-bond donors (Lipinski definition) is 1. The number of pyridine rings is 1. The van der Waals surface area contributed by atoms with Crippen LogP contribution in [-0.2, 0) is 14.8 Å². The molecule has 0 radical (unpaired) electrons. The van der Waals surface area contributed by atoms with E-state index in [0.717, 1.165) is 15.2 Å². The normalized spacial score (nSPS) is 11.5. The van der Waals surface area contributed by atoms with Gasteiger partial charge in [-0.15, -0.1) is 0 Å². The number of sulfonamides is 1. The molecule has 184 valence electrons. The van der Waals surface area contributed by atoms with E-state index in [-0.39, 0.29) is 26.5 Å². The molecule has 3 aromatic carbocycles. The Morgan fingerprint density at radius 1 is 1.06 bits per heavy atom. The summed E-state index contributed by atoms with van der Waals surface area (Å²) in [6.45, 7) is -0.588. The minimum atomic E-state index is -4.16. The summed E-state index contributed by atoms with van der Waals surface area (Å²) in [5.41, 5.74) is 3.66. The predicted octanol–water partition coefficient (Wildman–Crippen LogP) is 4.90. The first-order chi connectivity index (χ1) is 17.3. The van der Waals surface area contributed by atoms with E-state index in [1.807, 2.05) is 24.3 Å². The number of nitrogens with zero attached hydrogens (tertiary/aromatic N) is 3. The molecule has 0 aliphatic heterocycles. The van der Waals surface area contributed by atoms with E-state index in [1.165, 1.54) is 37.6 Å². The van der Waals surface area contributed by atoms with E-state index in [2.05, 4.69) is 15.5 Å². The van der Waals surface area contributed by atoms with Crippen molar-refractivity contribution in [2.24, 2.45) is 5.10 Å². The van der Waals surface area contributed by atoms with Crippen molar-refractivity contribution in [2.75, 3.05) is 18.0 Å². The molecular formula is C25H20Cl2N4O4S. The molecule has 8 nitrogen and oxygen atoms in total. The summed E-state index contributed by atoms with van der Waals surface area (Å²) in [4.78, 5) is 17.1. The lowest BCUT2D eigenvalue weighted by molar-refractivity contribution is -0.119. The fraction of sp³-hybridized carbons (Fsp3) is 0.0800. The van der Waals surface area contributed by atoms with Crippen LogP contribution in [0.25, 0.3) is 10.9 Å². The van der Waals surface area contributed by atoms with Gasteiger partial charge in [-0.3, -0.25) is 9.10 Å². The Balaban J connectivity index is 1.61. The average molecular weight is 543 g/mol. The van der Waals surface area contributed by atoms with Gasteiger partial charge in [0.1, 0.15) is 17.4 Å². The lowest BCUT2D eigenvalue weighted by Gasteiger charge is -2.25. The highest BCUT2D eigenvalue weighted by atomic mass is 35.5. The van der Waals surface area contributed by atoms with Crippen LogP contribution in [0, 0.1) is 0 Å². The highest BCUT2D eigenvalue weighted by Gasteiger charge is 2.29. The van der Waals surface area contributed by atoms with E-state index in [4.69, 9.17) is 27.9 Å². The SMILES string of the molecule is COc1ccc(Cl)cc1N(CC(=O)N/N=C\c1cc2ccccc2nc1Cl)S(=O)(=O)c1ccccc1. The maximum Gasteiger partial charge on any atom is 0.264 e. The fourth-order valence-electron chi connectivity index (χ4n) is 3.42. The standard InChI is InChI=1S/C25H20Cl2N4O4S/c1-35-23-12-11-19(26)14-22(23)31(36(33,34)20-8-3-2-4-9-20)16-24(32)30-28-15-18-13-17-7-5-6-10-21(17)29-25(18)27/h2-15H,16H2,1H3,(H,30,32)/b28-15-. The molecule has 1 heterocycles. The second kappa shape index (κ2) is 10.9. The van der Waals surface area contributed by atoms with Crippen LogP contribution in [-0.4, -0.2) is 39.2 Å². The third-order valence-electron chi connectivity index (χ3n) is 5.13. The zero-order chi connectivity index (χ0) is 25.7. The Morgan fingerprint density at radius 3 is 2.53 bits per heavy atom. The van der Waals surface area contributed by atoms with Gasteiger partial charge in [0.2, 0.25) is 0 Å². The maximum atomic E-state index is 13.5. The second-order valence-electron chi connectivity index (χ2n) is 7.50. The van der Waals surface area contributed by atoms with Gasteiger partial charge in [-0.1, -0.05) is 59.6 Å². The molecule has 11 heteroatoms. The summed E-state index contributed by atoms with van der Waals surface area (Å²) in [6, 6.07) is 21.4. The van der Waals surface area contributed by atoms with Crippen LogP contribution in [0.3, 0.4) is 0 Å². The van der Waals surface area contributed by atoms with Crippen molar-refractivity contribution in [3.8, 4) is 5.75 Å². The van der Waals surface area contributed by atoms with E-state index in [9.17, 15) is 13.2 Å². The zero-order valence-electron chi connectivity index (χ0n) is 18.9. The van der Waals surface area contributed by atoms with Gasteiger partial charge < -0.3 is 4.74 Å². The van der Waals surface area contributed by atoms with Crippen molar-refractivity contribution < 1.29 is 17.9 Å². The summed E-state index contributed by atoms with van der Waals surface area (Å²) in [5.74, 6) is -0.470. The predicted molar refractivity (Wildman–Crippen MR) is 141 cm³/mol. The van der Waals surface area contributed by atoms with Crippen LogP contribution in [0.15, 0.2) is 88.9 Å². The Labute approximate surface area is 218 Å². The molecule has 0 aliphatic rings. The Bertz CT molecular complexity index is 1550. The number of benzene rings is 3. The van der Waals surface area contributed by atoms with Gasteiger partial charge in [0, 0.05) is 16.0 Å². The number of fused-ring (bicyclic) bond motifs is 1. The minimum absolute atomic E-state index is 0.00245. The Hall–Kier alpha value is -3.66. The number of nitrogens with one attached hydrogen (secondary N) is 1. The molecule has 1 N–H and O–H groups in total. The summed E-state index contributed by atoms with van der Waals surface area (Å²) in [5, 5.41) is 5.28. The molecule has 0 saturated carbocycles. The maximum absolute atomic E-state index is 13.5. The van der Waals surface area contributed by atoms with Crippen molar-refractivity contribution in [3.05, 3.63) is 94.6 Å². The molecule has 1 aromatic heterocycles. The van der Waals surface area contributed by atoms with E-state index in [0.29, 0.717) is 5.56 Å². The third kappa shape index (κ3) is 5.59. The first-order valence-corrected chi connectivity index (χ1v) is 12.8. The molecule has 0 atom stereocenters. The lowest BCUT2D eigenvalue weighted by Crippen LogP contribution is -2.39. The van der Waals surface area contributed by atoms with Gasteiger partial charge in [-0.05, 0) is 42.5 Å². The van der Waals surface area contributed by atoms with Crippen LogP contribution < -0.4 is 14.5 Å². The van der Waals surface area contributed by atoms with Crippen molar-refractivity contribution in [3.63, 3.8) is 0 Å². The zero-order valence-corrected chi connectivity index (χ0v) is 21.3. The molecule has 4 aromatic rings. The van der Waals surface area contributed by atoms with Crippen LogP contribution in [0.2, 0.25) is 10.2 Å². The Morgan fingerprint density at radius 2 is 1.78 bits per heavy atom. The quantitative estimate of drug-likeness (QED) is 0.194. The minimum Gasteiger partial charge on any atom is -0.495 e. The van der Waals surface area contributed by atoms with Crippen molar-refractivity contribution in [1.29, 1.82) is 0 Å². The Kier molecular flexibility index (Phi) is 7.73. The number of hydrazone groups is 1. The van der Waals surface area contributed by atoms with Gasteiger partial charge in [-0.25, -0.2) is 18.8 Å². The first kappa shape index (κ1) is 25.4. The smallest absolute Gasteiger partial charge is 0.264 e. The molecule has 0 bridgehead atoms. The number of methoxy groups -OCH3 is 1. The molecule has 1 amide bonds. The summed E-state index contributed by atoms with van der Waals surface area (Å²) < 4.78 is 33.2. The summed E-state index contributed by atoms with van der Waals surface area (Å²) >= 11 is 12.4. The van der Waals surface area contributed by atoms with Gasteiger partial charge in [0.25, 0.3) is 15.9 Å². The number of hydrogen-bond acceptors (Lipinski definition) is 6. The van der Waals surface area contributed by atoms with Gasteiger partial charge >= 0.3 is 0 Å². The van der Waals surface area contributed by atoms with E-state index >= 15 is 0 Å². The topological polar surface area (TPSA) is 101 Å². The highest BCUT2D eigenvalue weighted by Crippen LogP contribution is 2.34. The number of rotatable bonds is 8. The second-order valence-corrected chi connectivity index (χ2v) is 10.2. The van der Waals surface area contributed by atoms with Crippen LogP contribution in [0.1, 0.15) is 5.56 Å². The largest absolute Gasteiger partial charge is 0.495 e. The van der Waals surface area contributed by atoms with Gasteiger partial charge in [-0.2, -0.15) is 5.10 Å². The van der Waals surface area contributed by atoms with Crippen LogP contribution in [0.4, 0.5) is 5.69 Å². The number of halogens is 2. The molecule has 0 saturated heterocycles. The van der Waals surface area contributed by atoms with E-state index < -0.39 is 22.5 Å². The summed E-state index contributed by atoms with van der Waals surface area (Å²) in [7, 11) is -2.76. The number of carbonyl (C=O) groups excluding carboxylic acids is 1. The van der Waals surface area contributed by atoms with Gasteiger partial charge in [0.05, 0.1) is 29.4 Å². The molecule has 0 fully saturated rings. The lowest BCUT2D eigenvalue weighted by atomic mass is 10.2. The number of anilines is 1. The molecule has 4 rings (SSSR count). The molecule has 0 aliphatic carbocycles. The van der Waals surface area contributed by atoms with Crippen molar-refractivity contribution in [2.45, 2.75) is 4.90 Å². The van der Waals surface area contributed by atoms with Gasteiger partial charge in [0.15, 0.2) is 0 Å². The number of aromatic nitrogens is 1. The number of carbonyl (C=O) groups is 1. The number of para-hydroxylation sites is 1. The first-order valence-electron chi connectivity index (χ1n) is 10.6. The van der Waals surface area contributed by atoms with E-state index in [1.54, 1.807) is 30.3 Å².